The van der Waals surface area contributed by atoms with E-state index in [4.69, 9.17) is 13.6 Å². The van der Waals surface area contributed by atoms with Gasteiger partial charge in [0.15, 0.2) is 0 Å². The molecule has 0 aliphatic carbocycles. The molecular formula is C19H18BFN4O. The Bertz CT molecular complexity index is 994. The summed E-state index contributed by atoms with van der Waals surface area (Å²) in [7, 11) is 6.45. The number of nitrogens with zero attached hydrogens (tertiary/aromatic N) is 2. The van der Waals surface area contributed by atoms with E-state index in [1.807, 2.05) is 6.07 Å². The van der Waals surface area contributed by atoms with Crippen molar-refractivity contribution >= 4 is 24.7 Å². The van der Waals surface area contributed by atoms with E-state index in [-0.39, 0.29) is 0 Å². The molecule has 1 amide bonds. The van der Waals surface area contributed by atoms with Crippen LogP contribution in [0, 0.1) is 5.82 Å². The summed E-state index contributed by atoms with van der Waals surface area (Å²) in [5, 5.41) is 7.78. The molecule has 1 aliphatic heterocycles. The Labute approximate surface area is 151 Å². The quantitative estimate of drug-likeness (QED) is 0.712. The third kappa shape index (κ3) is 2.78. The van der Waals surface area contributed by atoms with Crippen LogP contribution in [0.2, 0.25) is 0 Å². The molecule has 1 aromatic heterocycles. The lowest BCUT2D eigenvalue weighted by Gasteiger charge is -2.35. The Balaban J connectivity index is 1.76. The van der Waals surface area contributed by atoms with Crippen LogP contribution in [0.3, 0.4) is 0 Å². The summed E-state index contributed by atoms with van der Waals surface area (Å²) in [6.45, 7) is 1.56. The van der Waals surface area contributed by atoms with E-state index in [0.717, 1.165) is 30.3 Å². The van der Waals surface area contributed by atoms with E-state index >= 15 is 0 Å². The SMILES string of the molecule is [B][C@]1(c2ccc(-n3cc4cccc(C(N)=O)c4n3)c(F)c2)CCCNC1. The summed E-state index contributed by atoms with van der Waals surface area (Å²) in [6, 6.07) is 10.1. The molecule has 0 bridgehead atoms. The Kier molecular flexibility index (Phi) is 4.03. The van der Waals surface area contributed by atoms with E-state index in [2.05, 4.69) is 10.4 Å². The van der Waals surface area contributed by atoms with Crippen LogP contribution in [0.15, 0.2) is 42.6 Å². The van der Waals surface area contributed by atoms with Crippen molar-refractivity contribution in [2.24, 2.45) is 5.73 Å². The fraction of sp³-hybridized carbons (Fsp3) is 0.263. The first kappa shape index (κ1) is 16.8. The van der Waals surface area contributed by atoms with Crippen molar-refractivity contribution in [2.45, 2.75) is 18.2 Å². The first-order chi connectivity index (χ1) is 12.5. The lowest BCUT2D eigenvalue weighted by Crippen LogP contribution is -2.43. The van der Waals surface area contributed by atoms with Gasteiger partial charge >= 0.3 is 0 Å². The molecule has 0 spiro atoms. The average molecular weight is 348 g/mol. The molecule has 5 nitrogen and oxygen atoms in total. The number of rotatable bonds is 3. The lowest BCUT2D eigenvalue weighted by molar-refractivity contribution is 0.100. The van der Waals surface area contributed by atoms with Crippen molar-refractivity contribution in [3.8, 4) is 5.69 Å². The molecule has 1 aliphatic rings. The first-order valence-corrected chi connectivity index (χ1v) is 8.56. The number of carbonyl (C=O) groups is 1. The number of fused-ring (bicyclic) bond motifs is 1. The van der Waals surface area contributed by atoms with Gasteiger partial charge in [0, 0.05) is 11.6 Å². The smallest absolute Gasteiger partial charge is 0.250 e. The highest BCUT2D eigenvalue weighted by atomic mass is 19.1. The normalized spacial score (nSPS) is 20.3. The summed E-state index contributed by atoms with van der Waals surface area (Å²) in [5.74, 6) is -0.974. The minimum atomic E-state index is -0.564. The van der Waals surface area contributed by atoms with Gasteiger partial charge in [0.2, 0.25) is 0 Å². The van der Waals surface area contributed by atoms with E-state index in [9.17, 15) is 9.18 Å². The lowest BCUT2D eigenvalue weighted by atomic mass is 9.60. The van der Waals surface area contributed by atoms with Crippen LogP contribution < -0.4 is 11.1 Å². The minimum Gasteiger partial charge on any atom is -0.366 e. The van der Waals surface area contributed by atoms with Gasteiger partial charge in [-0.3, -0.25) is 4.79 Å². The predicted molar refractivity (Wildman–Crippen MR) is 99.1 cm³/mol. The maximum atomic E-state index is 14.8. The third-order valence-electron chi connectivity index (χ3n) is 4.99. The Morgan fingerprint density at radius 3 is 2.88 bits per heavy atom. The van der Waals surface area contributed by atoms with Gasteiger partial charge in [0.1, 0.15) is 17.0 Å². The topological polar surface area (TPSA) is 72.9 Å². The van der Waals surface area contributed by atoms with Crippen LogP contribution in [0.4, 0.5) is 4.39 Å². The van der Waals surface area contributed by atoms with Crippen LogP contribution in [-0.4, -0.2) is 36.6 Å². The second-order valence-electron chi connectivity index (χ2n) is 6.78. The molecule has 130 valence electrons. The van der Waals surface area contributed by atoms with Gasteiger partial charge in [0.05, 0.1) is 13.4 Å². The Hall–Kier alpha value is -2.67. The van der Waals surface area contributed by atoms with Crippen molar-refractivity contribution in [2.75, 3.05) is 13.1 Å². The maximum Gasteiger partial charge on any atom is 0.250 e. The number of hydrogen-bond acceptors (Lipinski definition) is 3. The summed E-state index contributed by atoms with van der Waals surface area (Å²) >= 11 is 0. The molecule has 0 unspecified atom stereocenters. The van der Waals surface area contributed by atoms with Gasteiger partial charge in [-0.1, -0.05) is 18.2 Å². The molecule has 1 fully saturated rings. The van der Waals surface area contributed by atoms with Gasteiger partial charge in [0.25, 0.3) is 5.91 Å². The van der Waals surface area contributed by atoms with Gasteiger partial charge in [-0.2, -0.15) is 5.10 Å². The number of benzene rings is 2. The largest absolute Gasteiger partial charge is 0.366 e. The molecule has 26 heavy (non-hydrogen) atoms. The summed E-state index contributed by atoms with van der Waals surface area (Å²) in [6.07, 6.45) is 3.45. The molecule has 0 saturated carbocycles. The Morgan fingerprint density at radius 2 is 2.19 bits per heavy atom. The molecular weight excluding hydrogens is 330 g/mol. The van der Waals surface area contributed by atoms with Crippen molar-refractivity contribution in [1.82, 2.24) is 15.1 Å². The summed E-state index contributed by atoms with van der Waals surface area (Å²) < 4.78 is 16.2. The summed E-state index contributed by atoms with van der Waals surface area (Å²) in [5.41, 5.74) is 7.22. The zero-order valence-corrected chi connectivity index (χ0v) is 14.2. The van der Waals surface area contributed by atoms with Crippen molar-refractivity contribution in [3.05, 3.63) is 59.5 Å². The number of hydrogen-bond donors (Lipinski definition) is 2. The van der Waals surface area contributed by atoms with Crippen LogP contribution in [0.1, 0.15) is 28.8 Å². The zero-order chi connectivity index (χ0) is 18.3. The van der Waals surface area contributed by atoms with Crippen LogP contribution in [-0.2, 0) is 5.31 Å². The number of piperidine rings is 1. The van der Waals surface area contributed by atoms with Crippen LogP contribution in [0.25, 0.3) is 16.6 Å². The molecule has 2 radical (unpaired) electrons. The van der Waals surface area contributed by atoms with Crippen LogP contribution in [0.5, 0.6) is 0 Å². The number of carbonyl (C=O) groups excluding carboxylic acids is 1. The highest BCUT2D eigenvalue weighted by Crippen LogP contribution is 2.30. The van der Waals surface area contributed by atoms with E-state index in [1.165, 1.54) is 10.7 Å². The average Bonchev–Trinajstić information content (AvgIpc) is 3.05. The van der Waals surface area contributed by atoms with Crippen LogP contribution >= 0.6 is 0 Å². The maximum absolute atomic E-state index is 14.8. The van der Waals surface area contributed by atoms with E-state index < -0.39 is 17.0 Å². The van der Waals surface area contributed by atoms with Gasteiger partial charge in [-0.25, -0.2) is 9.07 Å². The predicted octanol–water partition coefficient (Wildman–Crippen LogP) is 2.01. The van der Waals surface area contributed by atoms with Crippen molar-refractivity contribution in [1.29, 1.82) is 0 Å². The number of aromatic nitrogens is 2. The van der Waals surface area contributed by atoms with Gasteiger partial charge in [-0.05, 0) is 55.0 Å². The van der Waals surface area contributed by atoms with Gasteiger partial charge < -0.3 is 11.1 Å². The molecule has 2 heterocycles. The van der Waals surface area contributed by atoms with Crippen molar-refractivity contribution < 1.29 is 9.18 Å². The zero-order valence-electron chi connectivity index (χ0n) is 14.2. The van der Waals surface area contributed by atoms with E-state index in [0.29, 0.717) is 23.3 Å². The van der Waals surface area contributed by atoms with Crippen molar-refractivity contribution in [3.63, 3.8) is 0 Å². The second-order valence-corrected chi connectivity index (χ2v) is 6.78. The highest BCUT2D eigenvalue weighted by molar-refractivity contribution is 6.16. The molecule has 1 atom stereocenters. The monoisotopic (exact) mass is 348 g/mol. The summed E-state index contributed by atoms with van der Waals surface area (Å²) in [4.78, 5) is 11.6. The highest BCUT2D eigenvalue weighted by Gasteiger charge is 2.29. The standard InChI is InChI=1S/C19H18BFN4O/c20-19(7-2-8-23-11-19)13-5-6-16(15(21)9-13)25-10-12-3-1-4-14(18(22)26)17(12)24-25/h1,3-6,9-10,23H,2,7-8,11H2,(H2,22,26)/t19-/m1/s1. The fourth-order valence-electron chi connectivity index (χ4n) is 3.55. The number of primary amides is 1. The number of nitrogens with two attached hydrogens (primary N) is 1. The molecule has 1 saturated heterocycles. The molecule has 2 aromatic carbocycles. The number of nitrogens with one attached hydrogen (secondary N) is 1. The fourth-order valence-corrected chi connectivity index (χ4v) is 3.55. The number of halogens is 1. The third-order valence-corrected chi connectivity index (χ3v) is 4.99. The minimum absolute atomic E-state index is 0.299. The molecule has 7 heteroatoms. The van der Waals surface area contributed by atoms with E-state index in [1.54, 1.807) is 30.5 Å². The first-order valence-electron chi connectivity index (χ1n) is 8.56. The Morgan fingerprint density at radius 1 is 1.35 bits per heavy atom. The molecule has 3 aromatic rings. The molecule has 3 N–H and O–H groups in total. The number of amides is 1. The molecule has 4 rings (SSSR count). The second kappa shape index (κ2) is 6.25. The van der Waals surface area contributed by atoms with Gasteiger partial charge in [-0.15, -0.1) is 0 Å².